The van der Waals surface area contributed by atoms with E-state index in [0.717, 1.165) is 36.9 Å². The first kappa shape index (κ1) is 22.7. The minimum Gasteiger partial charge on any atom is -0.311 e. The highest BCUT2D eigenvalue weighted by Crippen LogP contribution is 2.14. The summed E-state index contributed by atoms with van der Waals surface area (Å²) in [5.74, 6) is 0.424. The number of hydrogen-bond acceptors (Lipinski definition) is 2. The van der Waals surface area contributed by atoms with E-state index < -0.39 is 0 Å². The first-order valence-electron chi connectivity index (χ1n) is 10.9. The van der Waals surface area contributed by atoms with E-state index in [1.165, 1.54) is 64.2 Å². The van der Waals surface area contributed by atoms with Gasteiger partial charge in [-0.2, -0.15) is 0 Å². The molecule has 4 nitrogen and oxygen atoms in total. The fourth-order valence-electron chi connectivity index (χ4n) is 3.55. The van der Waals surface area contributed by atoms with E-state index in [0.29, 0.717) is 5.92 Å². The van der Waals surface area contributed by atoms with Gasteiger partial charge in [0.2, 0.25) is 0 Å². The Labute approximate surface area is 159 Å². The van der Waals surface area contributed by atoms with Gasteiger partial charge in [0.05, 0.1) is 0 Å². The highest BCUT2D eigenvalue weighted by atomic mass is 16.2. The van der Waals surface area contributed by atoms with E-state index in [1.54, 1.807) is 0 Å². The summed E-state index contributed by atoms with van der Waals surface area (Å²) in [6.07, 6.45) is 17.3. The fourth-order valence-corrected chi connectivity index (χ4v) is 3.55. The van der Waals surface area contributed by atoms with Crippen LogP contribution in [0.3, 0.4) is 0 Å². The summed E-state index contributed by atoms with van der Waals surface area (Å²) < 4.78 is 0. The van der Waals surface area contributed by atoms with Crippen LogP contribution in [-0.2, 0) is 12.8 Å². The summed E-state index contributed by atoms with van der Waals surface area (Å²) in [4.78, 5) is 28.8. The second-order valence-electron chi connectivity index (χ2n) is 8.10. The van der Waals surface area contributed by atoms with Gasteiger partial charge in [-0.25, -0.2) is 4.79 Å². The Balaban J connectivity index is 2.18. The molecule has 1 heterocycles. The molecule has 1 aromatic heterocycles. The molecular formula is C22H40N2O2. The maximum Gasteiger partial charge on any atom is 0.325 e. The van der Waals surface area contributed by atoms with Crippen molar-refractivity contribution in [3.63, 3.8) is 0 Å². The van der Waals surface area contributed by atoms with Crippen molar-refractivity contribution in [3.05, 3.63) is 32.1 Å². The first-order chi connectivity index (χ1) is 12.5. The number of nitrogens with one attached hydrogen (secondary N) is 2. The zero-order valence-corrected chi connectivity index (χ0v) is 17.3. The minimum atomic E-state index is -0.385. The smallest absolute Gasteiger partial charge is 0.311 e. The van der Waals surface area contributed by atoms with Gasteiger partial charge < -0.3 is 4.98 Å². The zero-order valence-electron chi connectivity index (χ0n) is 17.3. The fraction of sp³-hybridized carbons (Fsp3) is 0.818. The van der Waals surface area contributed by atoms with Gasteiger partial charge in [0.15, 0.2) is 0 Å². The molecular weight excluding hydrogens is 324 g/mol. The summed E-state index contributed by atoms with van der Waals surface area (Å²) in [6.45, 7) is 6.47. The van der Waals surface area contributed by atoms with Gasteiger partial charge in [0, 0.05) is 11.3 Å². The Bertz CT molecular complexity index is 587. The van der Waals surface area contributed by atoms with Crippen LogP contribution in [0.4, 0.5) is 0 Å². The van der Waals surface area contributed by atoms with Crippen LogP contribution in [0.15, 0.2) is 9.59 Å². The van der Waals surface area contributed by atoms with Crippen molar-refractivity contribution in [1.82, 2.24) is 9.97 Å². The third kappa shape index (κ3) is 9.98. The van der Waals surface area contributed by atoms with Crippen LogP contribution in [0, 0.1) is 5.92 Å². The maximum atomic E-state index is 12.1. The molecule has 0 fully saturated rings. The van der Waals surface area contributed by atoms with Gasteiger partial charge in [0.25, 0.3) is 5.56 Å². The molecule has 0 radical (unpaired) electrons. The highest BCUT2D eigenvalue weighted by Gasteiger charge is 2.10. The lowest BCUT2D eigenvalue weighted by atomic mass is 9.99. The van der Waals surface area contributed by atoms with E-state index in [1.807, 2.05) is 0 Å². The van der Waals surface area contributed by atoms with E-state index in [9.17, 15) is 9.59 Å². The molecule has 0 saturated heterocycles. The maximum absolute atomic E-state index is 12.1. The second-order valence-corrected chi connectivity index (χ2v) is 8.10. The molecule has 0 bridgehead atoms. The summed E-state index contributed by atoms with van der Waals surface area (Å²) in [6, 6.07) is 0. The Hall–Kier alpha value is -1.32. The number of unbranched alkanes of at least 4 members (excludes halogenated alkanes) is 11. The van der Waals surface area contributed by atoms with Crippen LogP contribution in [0.1, 0.15) is 109 Å². The molecule has 0 atom stereocenters. The van der Waals surface area contributed by atoms with Crippen molar-refractivity contribution >= 4 is 0 Å². The first-order valence-corrected chi connectivity index (χ1v) is 10.9. The van der Waals surface area contributed by atoms with E-state index in [-0.39, 0.29) is 11.2 Å². The molecule has 0 aliphatic carbocycles. The third-order valence-corrected chi connectivity index (χ3v) is 5.02. The summed E-state index contributed by atoms with van der Waals surface area (Å²) in [5, 5.41) is 0. The van der Waals surface area contributed by atoms with Gasteiger partial charge in [-0.15, -0.1) is 0 Å². The molecule has 0 aliphatic heterocycles. The molecule has 26 heavy (non-hydrogen) atoms. The van der Waals surface area contributed by atoms with Gasteiger partial charge in [0.1, 0.15) is 0 Å². The second kappa shape index (κ2) is 13.8. The quantitative estimate of drug-likeness (QED) is 0.403. The largest absolute Gasteiger partial charge is 0.325 e. The predicted octanol–water partition coefficient (Wildman–Crippen LogP) is 5.51. The molecule has 0 aliphatic rings. The molecule has 0 spiro atoms. The Morgan fingerprint density at radius 3 is 1.73 bits per heavy atom. The van der Waals surface area contributed by atoms with Crippen molar-refractivity contribution in [2.24, 2.45) is 5.92 Å². The standard InChI is InChI=1S/C22H40N2O2/c1-4-5-6-7-8-9-10-11-12-13-14-15-16-19-20(17-18(2)3)23-22(26)24-21(19)25/h18H,4-17H2,1-3H3,(H2,23,24,25,26). The van der Waals surface area contributed by atoms with Gasteiger partial charge in [-0.3, -0.25) is 9.78 Å². The van der Waals surface area contributed by atoms with Crippen molar-refractivity contribution in [2.45, 2.75) is 111 Å². The molecule has 1 aromatic rings. The van der Waals surface area contributed by atoms with Gasteiger partial charge >= 0.3 is 5.69 Å². The summed E-state index contributed by atoms with van der Waals surface area (Å²) in [7, 11) is 0. The van der Waals surface area contributed by atoms with Gasteiger partial charge in [-0.05, 0) is 25.2 Å². The van der Waals surface area contributed by atoms with Crippen molar-refractivity contribution in [1.29, 1.82) is 0 Å². The van der Waals surface area contributed by atoms with Crippen LogP contribution in [0.5, 0.6) is 0 Å². The highest BCUT2D eigenvalue weighted by molar-refractivity contribution is 5.17. The summed E-state index contributed by atoms with van der Waals surface area (Å²) >= 11 is 0. The van der Waals surface area contributed by atoms with Crippen LogP contribution < -0.4 is 11.2 Å². The van der Waals surface area contributed by atoms with Crippen LogP contribution in [0.2, 0.25) is 0 Å². The SMILES string of the molecule is CCCCCCCCCCCCCCc1c(CC(C)C)[nH]c(=O)[nH]c1=O. The lowest BCUT2D eigenvalue weighted by molar-refractivity contribution is 0.542. The van der Waals surface area contributed by atoms with E-state index >= 15 is 0 Å². The zero-order chi connectivity index (χ0) is 19.2. The average Bonchev–Trinajstić information content (AvgIpc) is 2.57. The Morgan fingerprint density at radius 1 is 0.731 bits per heavy atom. The monoisotopic (exact) mass is 364 g/mol. The molecule has 1 rings (SSSR count). The lowest BCUT2D eigenvalue weighted by Crippen LogP contribution is -2.28. The van der Waals surface area contributed by atoms with Crippen molar-refractivity contribution in [3.8, 4) is 0 Å². The molecule has 4 heteroatoms. The molecule has 0 amide bonds. The number of hydrogen-bond donors (Lipinski definition) is 2. The van der Waals surface area contributed by atoms with Gasteiger partial charge in [-0.1, -0.05) is 91.4 Å². The topological polar surface area (TPSA) is 65.7 Å². The minimum absolute atomic E-state index is 0.201. The van der Waals surface area contributed by atoms with Crippen LogP contribution >= 0.6 is 0 Å². The number of H-pyrrole nitrogens is 2. The number of aromatic amines is 2. The predicted molar refractivity (Wildman–Crippen MR) is 111 cm³/mol. The van der Waals surface area contributed by atoms with E-state index in [4.69, 9.17) is 0 Å². The molecule has 2 N–H and O–H groups in total. The van der Waals surface area contributed by atoms with E-state index in [2.05, 4.69) is 30.7 Å². The Kier molecular flexibility index (Phi) is 12.1. The van der Waals surface area contributed by atoms with Crippen molar-refractivity contribution in [2.75, 3.05) is 0 Å². The molecule has 150 valence electrons. The average molecular weight is 365 g/mol. The normalized spacial score (nSPS) is 11.4. The molecule has 0 aromatic carbocycles. The number of aromatic nitrogens is 2. The Morgan fingerprint density at radius 2 is 1.23 bits per heavy atom. The van der Waals surface area contributed by atoms with Crippen LogP contribution in [0.25, 0.3) is 0 Å². The molecule has 0 unspecified atom stereocenters. The molecule has 0 saturated carbocycles. The number of rotatable bonds is 15. The summed E-state index contributed by atoms with van der Waals surface area (Å²) in [5.41, 5.74) is 1.03. The third-order valence-electron chi connectivity index (χ3n) is 5.02. The van der Waals surface area contributed by atoms with Crippen LogP contribution in [-0.4, -0.2) is 9.97 Å². The lowest BCUT2D eigenvalue weighted by Gasteiger charge is -2.10. The van der Waals surface area contributed by atoms with Crippen molar-refractivity contribution < 1.29 is 0 Å².